The summed E-state index contributed by atoms with van der Waals surface area (Å²) in [5.74, 6) is 3.31. The summed E-state index contributed by atoms with van der Waals surface area (Å²) in [7, 11) is 0. The maximum Gasteiger partial charge on any atom is 0.259 e. The summed E-state index contributed by atoms with van der Waals surface area (Å²) in [5, 5.41) is 7.42. The van der Waals surface area contributed by atoms with Crippen molar-refractivity contribution in [3.05, 3.63) is 24.2 Å². The molecule has 142 valence electrons. The molecule has 5 rings (SSSR count). The molecule has 0 radical (unpaired) electrons. The number of amides is 1. The lowest BCUT2D eigenvalue weighted by Crippen LogP contribution is -2.34. The van der Waals surface area contributed by atoms with Gasteiger partial charge in [-0.2, -0.15) is 4.98 Å². The van der Waals surface area contributed by atoms with E-state index in [-0.39, 0.29) is 0 Å². The van der Waals surface area contributed by atoms with Gasteiger partial charge in [-0.3, -0.25) is 4.79 Å². The zero-order valence-electron chi connectivity index (χ0n) is 15.4. The molecular weight excluding hydrogens is 342 g/mol. The molecule has 0 spiro atoms. The van der Waals surface area contributed by atoms with Crippen LogP contribution in [0.25, 0.3) is 11.5 Å². The quantitative estimate of drug-likeness (QED) is 0.844. The third-order valence-electron chi connectivity index (χ3n) is 5.97. The fraction of sp³-hybridized carbons (Fsp3) is 0.600. The van der Waals surface area contributed by atoms with Crippen molar-refractivity contribution in [3.8, 4) is 11.5 Å². The number of pyridine rings is 1. The molecule has 1 N–H and O–H groups in total. The third-order valence-corrected chi connectivity index (χ3v) is 5.97. The Kier molecular flexibility index (Phi) is 4.30. The predicted octanol–water partition coefficient (Wildman–Crippen LogP) is 3.21. The largest absolute Gasteiger partial charge is 0.370 e. The van der Waals surface area contributed by atoms with Crippen molar-refractivity contribution >= 4 is 11.7 Å². The van der Waals surface area contributed by atoms with Crippen LogP contribution in [-0.2, 0) is 4.79 Å². The van der Waals surface area contributed by atoms with E-state index in [0.717, 1.165) is 43.1 Å². The minimum atomic E-state index is 0.319. The molecule has 1 atom stereocenters. The number of likely N-dealkylation sites (tertiary alicyclic amines) is 1. The topological polar surface area (TPSA) is 84.2 Å². The van der Waals surface area contributed by atoms with E-state index in [0.29, 0.717) is 36.1 Å². The SMILES string of the molecule is O=C1CC(CNc2ccc(-c3nc(C4CC4)no3)cn2)CN1C1CCCC1. The highest BCUT2D eigenvalue weighted by Gasteiger charge is 2.35. The van der Waals surface area contributed by atoms with Crippen LogP contribution in [0.5, 0.6) is 0 Å². The summed E-state index contributed by atoms with van der Waals surface area (Å²) in [6, 6.07) is 4.36. The molecule has 1 aliphatic heterocycles. The fourth-order valence-electron chi connectivity index (χ4n) is 4.25. The Morgan fingerprint density at radius 1 is 1.19 bits per heavy atom. The normalized spacial score (nSPS) is 23.3. The smallest absolute Gasteiger partial charge is 0.259 e. The van der Waals surface area contributed by atoms with Crippen LogP contribution in [0.1, 0.15) is 56.7 Å². The van der Waals surface area contributed by atoms with E-state index in [1.54, 1.807) is 6.20 Å². The minimum Gasteiger partial charge on any atom is -0.370 e. The van der Waals surface area contributed by atoms with Crippen molar-refractivity contribution in [1.82, 2.24) is 20.0 Å². The van der Waals surface area contributed by atoms with E-state index in [4.69, 9.17) is 4.52 Å². The van der Waals surface area contributed by atoms with E-state index in [1.165, 1.54) is 25.7 Å². The summed E-state index contributed by atoms with van der Waals surface area (Å²) in [4.78, 5) is 23.3. The van der Waals surface area contributed by atoms with Crippen LogP contribution >= 0.6 is 0 Å². The molecule has 2 aliphatic carbocycles. The van der Waals surface area contributed by atoms with Crippen LogP contribution in [0.4, 0.5) is 5.82 Å². The second-order valence-corrected chi connectivity index (χ2v) is 8.10. The number of carbonyl (C=O) groups excluding carboxylic acids is 1. The summed E-state index contributed by atoms with van der Waals surface area (Å²) in [5.41, 5.74) is 0.836. The van der Waals surface area contributed by atoms with Gasteiger partial charge in [-0.05, 0) is 37.8 Å². The molecule has 27 heavy (non-hydrogen) atoms. The molecule has 0 aromatic carbocycles. The molecule has 7 nitrogen and oxygen atoms in total. The number of nitrogens with zero attached hydrogens (tertiary/aromatic N) is 4. The zero-order valence-corrected chi connectivity index (χ0v) is 15.4. The number of aromatic nitrogens is 3. The first-order valence-corrected chi connectivity index (χ1v) is 10.1. The van der Waals surface area contributed by atoms with Gasteiger partial charge in [0.1, 0.15) is 5.82 Å². The van der Waals surface area contributed by atoms with Crippen LogP contribution in [0.15, 0.2) is 22.9 Å². The number of hydrogen-bond acceptors (Lipinski definition) is 6. The van der Waals surface area contributed by atoms with Crippen molar-refractivity contribution in [2.24, 2.45) is 5.92 Å². The number of rotatable bonds is 6. The van der Waals surface area contributed by atoms with Crippen LogP contribution in [0.2, 0.25) is 0 Å². The molecule has 2 aromatic rings. The Hall–Kier alpha value is -2.44. The van der Waals surface area contributed by atoms with Gasteiger partial charge >= 0.3 is 0 Å². The van der Waals surface area contributed by atoms with Crippen LogP contribution in [0.3, 0.4) is 0 Å². The van der Waals surface area contributed by atoms with Gasteiger partial charge in [0.2, 0.25) is 5.91 Å². The molecule has 1 saturated heterocycles. The minimum absolute atomic E-state index is 0.319. The van der Waals surface area contributed by atoms with Crippen molar-refractivity contribution in [3.63, 3.8) is 0 Å². The van der Waals surface area contributed by atoms with Gasteiger partial charge in [0.05, 0.1) is 5.56 Å². The Bertz CT molecular complexity index is 808. The molecule has 1 amide bonds. The first-order chi connectivity index (χ1) is 13.3. The monoisotopic (exact) mass is 367 g/mol. The average Bonchev–Trinajstić information content (AvgIpc) is 3.10. The number of carbonyl (C=O) groups is 1. The second-order valence-electron chi connectivity index (χ2n) is 8.10. The van der Waals surface area contributed by atoms with Gasteiger partial charge in [-0.25, -0.2) is 4.98 Å². The maximum absolute atomic E-state index is 12.3. The zero-order chi connectivity index (χ0) is 18.2. The molecule has 2 saturated carbocycles. The molecule has 3 aliphatic rings. The van der Waals surface area contributed by atoms with Gasteiger partial charge < -0.3 is 14.7 Å². The summed E-state index contributed by atoms with van der Waals surface area (Å²) in [6.07, 6.45) is 9.58. The molecule has 3 heterocycles. The van der Waals surface area contributed by atoms with E-state index in [9.17, 15) is 4.79 Å². The highest BCUT2D eigenvalue weighted by atomic mass is 16.5. The lowest BCUT2D eigenvalue weighted by Gasteiger charge is -2.24. The lowest BCUT2D eigenvalue weighted by atomic mass is 10.1. The standard InChI is InChI=1S/C20H25N5O2/c26-18-9-13(12-25(18)16-3-1-2-4-16)10-21-17-8-7-15(11-22-17)20-23-19(24-27-20)14-5-6-14/h7-8,11,13-14,16H,1-6,9-10,12H2,(H,21,22). The fourth-order valence-corrected chi connectivity index (χ4v) is 4.25. The van der Waals surface area contributed by atoms with E-state index in [2.05, 4.69) is 25.3 Å². The highest BCUT2D eigenvalue weighted by molar-refractivity contribution is 5.79. The second kappa shape index (κ2) is 6.94. The Labute approximate surface area is 158 Å². The highest BCUT2D eigenvalue weighted by Crippen LogP contribution is 2.38. The molecule has 7 heteroatoms. The first kappa shape index (κ1) is 16.7. The van der Waals surface area contributed by atoms with Crippen molar-refractivity contribution < 1.29 is 9.32 Å². The number of hydrogen-bond donors (Lipinski definition) is 1. The first-order valence-electron chi connectivity index (χ1n) is 10.1. The molecule has 3 fully saturated rings. The molecule has 1 unspecified atom stereocenters. The van der Waals surface area contributed by atoms with Crippen LogP contribution in [0, 0.1) is 5.92 Å². The van der Waals surface area contributed by atoms with Gasteiger partial charge in [0.15, 0.2) is 5.82 Å². The molecular formula is C20H25N5O2. The Morgan fingerprint density at radius 3 is 2.78 bits per heavy atom. The number of anilines is 1. The predicted molar refractivity (Wildman–Crippen MR) is 100 cm³/mol. The van der Waals surface area contributed by atoms with Gasteiger partial charge in [0, 0.05) is 43.6 Å². The Morgan fingerprint density at radius 2 is 2.04 bits per heavy atom. The van der Waals surface area contributed by atoms with Crippen molar-refractivity contribution in [1.29, 1.82) is 0 Å². The van der Waals surface area contributed by atoms with Crippen LogP contribution in [-0.4, -0.2) is 45.1 Å². The lowest BCUT2D eigenvalue weighted by molar-refractivity contribution is -0.129. The third kappa shape index (κ3) is 3.55. The Balaban J connectivity index is 1.16. The van der Waals surface area contributed by atoms with E-state index in [1.807, 2.05) is 12.1 Å². The van der Waals surface area contributed by atoms with Crippen molar-refractivity contribution in [2.75, 3.05) is 18.4 Å². The average molecular weight is 367 g/mol. The maximum atomic E-state index is 12.3. The summed E-state index contributed by atoms with van der Waals surface area (Å²) >= 11 is 0. The van der Waals surface area contributed by atoms with Crippen molar-refractivity contribution in [2.45, 2.75) is 56.9 Å². The number of nitrogens with one attached hydrogen (secondary N) is 1. The molecule has 0 bridgehead atoms. The van der Waals surface area contributed by atoms with Crippen LogP contribution < -0.4 is 5.32 Å². The summed E-state index contributed by atoms with van der Waals surface area (Å²) < 4.78 is 5.34. The van der Waals surface area contributed by atoms with Gasteiger partial charge in [0.25, 0.3) is 5.89 Å². The van der Waals surface area contributed by atoms with Gasteiger partial charge in [-0.15, -0.1) is 0 Å². The summed E-state index contributed by atoms with van der Waals surface area (Å²) in [6.45, 7) is 1.65. The molecule has 2 aromatic heterocycles. The van der Waals surface area contributed by atoms with E-state index < -0.39 is 0 Å². The van der Waals surface area contributed by atoms with E-state index >= 15 is 0 Å². The van der Waals surface area contributed by atoms with Gasteiger partial charge in [-0.1, -0.05) is 18.0 Å².